The van der Waals surface area contributed by atoms with E-state index in [-0.39, 0.29) is 25.1 Å². The molecule has 1 saturated heterocycles. The van der Waals surface area contributed by atoms with E-state index in [1.807, 2.05) is 0 Å². The Morgan fingerprint density at radius 1 is 1.88 bits per heavy atom. The fourth-order valence-corrected chi connectivity index (χ4v) is 0.607. The average molecular weight is 115 g/mol. The summed E-state index contributed by atoms with van der Waals surface area (Å²) in [7, 11) is 0. The molecule has 0 aromatic rings. The number of rotatable bonds is 0. The van der Waals surface area contributed by atoms with Gasteiger partial charge in [0.25, 0.3) is 0 Å². The van der Waals surface area contributed by atoms with E-state index in [2.05, 4.69) is 5.32 Å². The number of imide groups is 1. The first-order valence-corrected chi connectivity index (χ1v) is 2.37. The zero-order valence-corrected chi connectivity index (χ0v) is 4.31. The smallest absolute Gasteiger partial charge is 0.229 e. The lowest BCUT2D eigenvalue weighted by molar-refractivity contribution is -0.125. The second-order valence-corrected chi connectivity index (χ2v) is 1.81. The van der Waals surface area contributed by atoms with Crippen LogP contribution in [0, 0.1) is 5.92 Å². The molecule has 44 valence electrons. The third-order valence-electron chi connectivity index (χ3n) is 1.07. The van der Waals surface area contributed by atoms with E-state index in [0.717, 1.165) is 0 Å². The quantitative estimate of drug-likeness (QED) is 0.439. The summed E-state index contributed by atoms with van der Waals surface area (Å²) in [6.45, 7) is 0.0115. The van der Waals surface area contributed by atoms with E-state index in [1.165, 1.54) is 0 Å². The molecule has 8 heavy (non-hydrogen) atoms. The van der Waals surface area contributed by atoms with Gasteiger partial charge in [-0.2, -0.15) is 0 Å². The molecule has 0 spiro atoms. The summed E-state index contributed by atoms with van der Waals surface area (Å²) in [6, 6.07) is 0. The minimum absolute atomic E-state index is 0.0115. The highest BCUT2D eigenvalue weighted by atomic mass is 16.2. The van der Waals surface area contributed by atoms with Crippen LogP contribution in [0.1, 0.15) is 14.7 Å². The van der Waals surface area contributed by atoms with Gasteiger partial charge in [0, 0.05) is 13.7 Å². The topological polar surface area (TPSA) is 46.2 Å². The van der Waals surface area contributed by atoms with Crippen molar-refractivity contribution in [2.75, 3.05) is 0 Å². The highest BCUT2D eigenvalue weighted by Gasteiger charge is 2.25. The van der Waals surface area contributed by atoms with Crippen molar-refractivity contribution >= 4 is 11.8 Å². The molecule has 1 heterocycles. The van der Waals surface area contributed by atoms with Gasteiger partial charge in [-0.25, -0.2) is 0 Å². The number of hydrogen-bond donors (Lipinski definition) is 1. The lowest BCUT2D eigenvalue weighted by Gasteiger charge is -1.88. The SMILES string of the molecule is [3H]CC1CC(=O)NC1=O. The van der Waals surface area contributed by atoms with Gasteiger partial charge in [0.05, 0.1) is 0 Å². The highest BCUT2D eigenvalue weighted by molar-refractivity contribution is 6.03. The van der Waals surface area contributed by atoms with Gasteiger partial charge in [0.2, 0.25) is 11.8 Å². The Labute approximate surface area is 48.5 Å². The second kappa shape index (κ2) is 1.58. The van der Waals surface area contributed by atoms with Crippen LogP contribution >= 0.6 is 0 Å². The van der Waals surface area contributed by atoms with Gasteiger partial charge in [-0.3, -0.25) is 14.9 Å². The molecule has 1 atom stereocenters. The molecule has 0 aromatic heterocycles. The molecule has 1 fully saturated rings. The summed E-state index contributed by atoms with van der Waals surface area (Å²) in [5.74, 6) is -0.940. The van der Waals surface area contributed by atoms with Crippen LogP contribution in [-0.4, -0.2) is 11.8 Å². The van der Waals surface area contributed by atoms with Crippen molar-refractivity contribution in [3.05, 3.63) is 0 Å². The average Bonchev–Trinajstić information content (AvgIpc) is 2.10. The first kappa shape index (κ1) is 4.06. The van der Waals surface area contributed by atoms with Crippen LogP contribution in [0.4, 0.5) is 0 Å². The Morgan fingerprint density at radius 3 is 2.88 bits per heavy atom. The van der Waals surface area contributed by atoms with Crippen molar-refractivity contribution in [3.63, 3.8) is 0 Å². The maximum Gasteiger partial charge on any atom is 0.229 e. The van der Waals surface area contributed by atoms with Gasteiger partial charge in [0.15, 0.2) is 0 Å². The lowest BCUT2D eigenvalue weighted by Crippen LogP contribution is -2.20. The highest BCUT2D eigenvalue weighted by Crippen LogP contribution is 2.07. The van der Waals surface area contributed by atoms with Crippen molar-refractivity contribution in [2.24, 2.45) is 5.92 Å². The normalized spacial score (nSPS) is 30.0. The van der Waals surface area contributed by atoms with Gasteiger partial charge in [-0.05, 0) is 0 Å². The summed E-state index contributed by atoms with van der Waals surface area (Å²) in [5, 5.41) is 2.12. The number of amides is 2. The van der Waals surface area contributed by atoms with Crippen LogP contribution in [0.25, 0.3) is 0 Å². The number of hydrogen-bond acceptors (Lipinski definition) is 2. The molecule has 1 unspecified atom stereocenters. The Kier molecular flexibility index (Phi) is 0.801. The maximum atomic E-state index is 10.6. The van der Waals surface area contributed by atoms with E-state index in [0.29, 0.717) is 0 Å². The van der Waals surface area contributed by atoms with Crippen LogP contribution in [0.15, 0.2) is 0 Å². The Hall–Kier alpha value is -0.860. The largest absolute Gasteiger partial charge is 0.296 e. The first-order chi connectivity index (χ1) is 4.24. The molecule has 0 saturated carbocycles. The third-order valence-corrected chi connectivity index (χ3v) is 1.07. The number of carbonyl (C=O) groups is 2. The molecule has 3 heteroatoms. The molecule has 0 radical (unpaired) electrons. The zero-order valence-electron chi connectivity index (χ0n) is 5.31. The van der Waals surface area contributed by atoms with Crippen LogP contribution in [0.5, 0.6) is 0 Å². The predicted octanol–water partition coefficient (Wildman–Crippen LogP) is -0.331. The number of carbonyl (C=O) groups excluding carboxylic acids is 2. The zero-order chi connectivity index (χ0) is 6.85. The predicted molar refractivity (Wildman–Crippen MR) is 26.9 cm³/mol. The summed E-state index contributed by atoms with van der Waals surface area (Å²) in [5.41, 5.74) is 0. The van der Waals surface area contributed by atoms with Crippen LogP contribution in [-0.2, 0) is 9.59 Å². The molecule has 2 amide bonds. The molecule has 0 bridgehead atoms. The van der Waals surface area contributed by atoms with Crippen LogP contribution in [0.2, 0.25) is 0 Å². The fourth-order valence-electron chi connectivity index (χ4n) is 0.607. The molecular weight excluding hydrogens is 106 g/mol. The van der Waals surface area contributed by atoms with Crippen LogP contribution in [0.3, 0.4) is 0 Å². The standard InChI is InChI=1S/C5H7NO2/c1-3-2-4(7)6-5(3)8/h3H,2H2,1H3,(H,6,7,8)/i1T. The molecule has 0 aromatic carbocycles. The summed E-state index contributed by atoms with van der Waals surface area (Å²) >= 11 is 0. The Balaban J connectivity index is 2.58. The van der Waals surface area contributed by atoms with Crippen molar-refractivity contribution in [3.8, 4) is 0 Å². The minimum atomic E-state index is -0.391. The minimum Gasteiger partial charge on any atom is -0.296 e. The van der Waals surface area contributed by atoms with E-state index in [4.69, 9.17) is 1.37 Å². The molecular formula is C5H7NO2. The number of nitrogens with one attached hydrogen (secondary N) is 1. The maximum absolute atomic E-state index is 10.6. The van der Waals surface area contributed by atoms with E-state index in [9.17, 15) is 9.59 Å². The van der Waals surface area contributed by atoms with E-state index < -0.39 is 5.92 Å². The Bertz CT molecular complexity index is 157. The second-order valence-electron chi connectivity index (χ2n) is 1.81. The van der Waals surface area contributed by atoms with Gasteiger partial charge in [-0.15, -0.1) is 0 Å². The fraction of sp³-hybridized carbons (Fsp3) is 0.600. The van der Waals surface area contributed by atoms with Gasteiger partial charge in [-0.1, -0.05) is 6.90 Å². The van der Waals surface area contributed by atoms with Gasteiger partial charge >= 0.3 is 0 Å². The lowest BCUT2D eigenvalue weighted by atomic mass is 10.1. The van der Waals surface area contributed by atoms with Crippen molar-refractivity contribution < 1.29 is 11.0 Å². The summed E-state index contributed by atoms with van der Waals surface area (Å²) in [4.78, 5) is 21.0. The monoisotopic (exact) mass is 115 g/mol. The molecule has 1 rings (SSSR count). The Morgan fingerprint density at radius 2 is 2.62 bits per heavy atom. The molecule has 1 N–H and O–H groups in total. The van der Waals surface area contributed by atoms with Crippen LogP contribution < -0.4 is 5.32 Å². The summed E-state index contributed by atoms with van der Waals surface area (Å²) < 4.78 is 6.81. The first-order valence-electron chi connectivity index (χ1n) is 3.07. The summed E-state index contributed by atoms with van der Waals surface area (Å²) in [6.07, 6.45) is 0.197. The molecule has 1 aliphatic rings. The van der Waals surface area contributed by atoms with Crippen molar-refractivity contribution in [2.45, 2.75) is 13.3 Å². The van der Waals surface area contributed by atoms with Gasteiger partial charge in [0.1, 0.15) is 0 Å². The van der Waals surface area contributed by atoms with Crippen molar-refractivity contribution in [1.29, 1.82) is 0 Å². The van der Waals surface area contributed by atoms with E-state index >= 15 is 0 Å². The molecule has 0 aliphatic carbocycles. The third kappa shape index (κ3) is 0.710. The molecule has 3 nitrogen and oxygen atoms in total. The molecule has 1 aliphatic heterocycles. The van der Waals surface area contributed by atoms with E-state index in [1.54, 1.807) is 0 Å². The van der Waals surface area contributed by atoms with Crippen molar-refractivity contribution in [1.82, 2.24) is 5.32 Å². The van der Waals surface area contributed by atoms with Gasteiger partial charge < -0.3 is 0 Å².